The summed E-state index contributed by atoms with van der Waals surface area (Å²) >= 11 is 0. The smallest absolute Gasteiger partial charge is 0.311 e. The number of rotatable bonds is 5. The number of para-hydroxylation sites is 1. The molecule has 2 amide bonds. The van der Waals surface area contributed by atoms with Crippen LogP contribution in [0.2, 0.25) is 0 Å². The molecule has 1 aromatic carbocycles. The van der Waals surface area contributed by atoms with E-state index in [1.165, 1.54) is 7.11 Å². The van der Waals surface area contributed by atoms with Crippen molar-refractivity contribution in [1.29, 1.82) is 0 Å². The first-order valence-corrected chi connectivity index (χ1v) is 7.43. The molecule has 7 nitrogen and oxygen atoms in total. The average Bonchev–Trinajstić information content (AvgIpc) is 2.58. The van der Waals surface area contributed by atoms with Gasteiger partial charge in [0.05, 0.1) is 19.6 Å². The lowest BCUT2D eigenvalue weighted by atomic mass is 10.0. The molecule has 1 aliphatic heterocycles. The van der Waals surface area contributed by atoms with E-state index in [0.717, 1.165) is 17.0 Å². The first kappa shape index (κ1) is 16.8. The van der Waals surface area contributed by atoms with Gasteiger partial charge in [0.25, 0.3) is 5.91 Å². The molecule has 2 rings (SSSR count). The minimum atomic E-state index is -0.652. The van der Waals surface area contributed by atoms with E-state index < -0.39 is 23.7 Å². The van der Waals surface area contributed by atoms with Crippen LogP contribution < -0.4 is 10.2 Å². The summed E-state index contributed by atoms with van der Waals surface area (Å²) in [6, 6.07) is 7.45. The van der Waals surface area contributed by atoms with Crippen LogP contribution in [0, 0.1) is 5.92 Å². The van der Waals surface area contributed by atoms with Gasteiger partial charge in [-0.05, 0) is 18.1 Å². The summed E-state index contributed by atoms with van der Waals surface area (Å²) in [5, 5.41) is 1.11. The maximum atomic E-state index is 12.2. The molecule has 1 saturated heterocycles. The molecule has 7 heteroatoms. The Kier molecular flexibility index (Phi) is 5.56. The number of nitrogens with zero attached hydrogens (tertiary/aromatic N) is 1. The second-order valence-electron chi connectivity index (χ2n) is 5.21. The van der Waals surface area contributed by atoms with E-state index in [1.807, 2.05) is 25.1 Å². The minimum absolute atomic E-state index is 0.00990. The van der Waals surface area contributed by atoms with Crippen molar-refractivity contribution >= 4 is 17.8 Å². The number of benzene rings is 1. The van der Waals surface area contributed by atoms with E-state index in [9.17, 15) is 14.4 Å². The summed E-state index contributed by atoms with van der Waals surface area (Å²) in [5.41, 5.74) is 3.44. The minimum Gasteiger partial charge on any atom is -0.483 e. The Balaban J connectivity index is 1.97. The van der Waals surface area contributed by atoms with Gasteiger partial charge in [-0.25, -0.2) is 0 Å². The van der Waals surface area contributed by atoms with Crippen LogP contribution >= 0.6 is 0 Å². The van der Waals surface area contributed by atoms with Crippen molar-refractivity contribution < 1.29 is 23.9 Å². The van der Waals surface area contributed by atoms with Gasteiger partial charge in [0.1, 0.15) is 5.75 Å². The molecule has 1 heterocycles. The number of aryl methyl sites for hydroxylation is 1. The van der Waals surface area contributed by atoms with Gasteiger partial charge in [-0.3, -0.25) is 24.8 Å². The van der Waals surface area contributed by atoms with Crippen LogP contribution in [-0.4, -0.2) is 43.1 Å². The van der Waals surface area contributed by atoms with Gasteiger partial charge >= 0.3 is 5.97 Å². The Morgan fingerprint density at radius 2 is 2.09 bits per heavy atom. The second kappa shape index (κ2) is 7.62. The lowest BCUT2D eigenvalue weighted by Crippen LogP contribution is -2.55. The van der Waals surface area contributed by atoms with Crippen LogP contribution in [0.4, 0.5) is 0 Å². The van der Waals surface area contributed by atoms with Crippen molar-refractivity contribution in [3.05, 3.63) is 29.8 Å². The van der Waals surface area contributed by atoms with Gasteiger partial charge in [-0.1, -0.05) is 25.1 Å². The first-order chi connectivity index (χ1) is 11.0. The summed E-state index contributed by atoms with van der Waals surface area (Å²) in [6.45, 7) is 1.86. The summed E-state index contributed by atoms with van der Waals surface area (Å²) in [6.07, 6.45) is 0.797. The number of carbonyl (C=O) groups is 3. The van der Waals surface area contributed by atoms with Crippen molar-refractivity contribution in [3.8, 4) is 5.75 Å². The molecule has 1 aliphatic rings. The Labute approximate surface area is 134 Å². The number of hydrogen-bond acceptors (Lipinski definition) is 5. The molecule has 0 aliphatic carbocycles. The van der Waals surface area contributed by atoms with E-state index in [2.05, 4.69) is 10.2 Å². The van der Waals surface area contributed by atoms with Crippen LogP contribution in [0.3, 0.4) is 0 Å². The summed E-state index contributed by atoms with van der Waals surface area (Å²) in [7, 11) is 1.26. The molecule has 0 spiro atoms. The van der Waals surface area contributed by atoms with E-state index in [0.29, 0.717) is 5.75 Å². The van der Waals surface area contributed by atoms with Crippen molar-refractivity contribution in [3.63, 3.8) is 0 Å². The zero-order valence-electron chi connectivity index (χ0n) is 13.2. The number of carbonyl (C=O) groups excluding carboxylic acids is 3. The Hall–Kier alpha value is -2.57. The third-order valence-corrected chi connectivity index (χ3v) is 3.63. The monoisotopic (exact) mass is 320 g/mol. The fourth-order valence-corrected chi connectivity index (χ4v) is 2.39. The number of esters is 1. The molecule has 1 N–H and O–H groups in total. The van der Waals surface area contributed by atoms with Gasteiger partial charge in [0, 0.05) is 6.42 Å². The van der Waals surface area contributed by atoms with E-state index in [1.54, 1.807) is 6.07 Å². The van der Waals surface area contributed by atoms with Crippen molar-refractivity contribution in [2.24, 2.45) is 5.92 Å². The summed E-state index contributed by atoms with van der Waals surface area (Å²) < 4.78 is 10.2. The Bertz CT molecular complexity index is 602. The highest BCUT2D eigenvalue weighted by Crippen LogP contribution is 2.18. The highest BCUT2D eigenvalue weighted by Gasteiger charge is 2.33. The van der Waals surface area contributed by atoms with Crippen LogP contribution in [0.1, 0.15) is 18.9 Å². The van der Waals surface area contributed by atoms with E-state index in [-0.39, 0.29) is 19.6 Å². The highest BCUT2D eigenvalue weighted by molar-refractivity contribution is 5.88. The molecule has 23 heavy (non-hydrogen) atoms. The van der Waals surface area contributed by atoms with Crippen LogP contribution in [-0.2, 0) is 25.5 Å². The third kappa shape index (κ3) is 4.21. The highest BCUT2D eigenvalue weighted by atomic mass is 16.5. The molecule has 0 radical (unpaired) electrons. The number of hydrazine groups is 1. The average molecular weight is 320 g/mol. The molecule has 0 saturated carbocycles. The van der Waals surface area contributed by atoms with Crippen LogP contribution in [0.5, 0.6) is 5.75 Å². The topological polar surface area (TPSA) is 84.9 Å². The molecule has 0 aromatic heterocycles. The van der Waals surface area contributed by atoms with Crippen molar-refractivity contribution in [1.82, 2.24) is 10.4 Å². The summed E-state index contributed by atoms with van der Waals surface area (Å²) in [4.78, 5) is 35.4. The molecule has 1 fully saturated rings. The predicted molar refractivity (Wildman–Crippen MR) is 81.3 cm³/mol. The maximum Gasteiger partial charge on any atom is 0.311 e. The van der Waals surface area contributed by atoms with Gasteiger partial charge < -0.3 is 9.47 Å². The lowest BCUT2D eigenvalue weighted by molar-refractivity contribution is -0.157. The number of hydrogen-bond donors (Lipinski definition) is 1. The second-order valence-corrected chi connectivity index (χ2v) is 5.21. The van der Waals surface area contributed by atoms with Gasteiger partial charge in [0.2, 0.25) is 5.91 Å². The maximum absolute atomic E-state index is 12.2. The quantitative estimate of drug-likeness (QED) is 0.807. The van der Waals surface area contributed by atoms with Crippen LogP contribution in [0.25, 0.3) is 0 Å². The largest absolute Gasteiger partial charge is 0.483 e. The van der Waals surface area contributed by atoms with E-state index >= 15 is 0 Å². The van der Waals surface area contributed by atoms with E-state index in [4.69, 9.17) is 4.74 Å². The van der Waals surface area contributed by atoms with Crippen molar-refractivity contribution in [2.75, 3.05) is 20.3 Å². The fraction of sp³-hybridized carbons (Fsp3) is 0.438. The molecule has 1 atom stereocenters. The molecule has 1 aromatic rings. The van der Waals surface area contributed by atoms with Gasteiger partial charge in [0.15, 0.2) is 6.61 Å². The van der Waals surface area contributed by atoms with Crippen LogP contribution in [0.15, 0.2) is 24.3 Å². The number of ether oxygens (including phenoxy) is 2. The predicted octanol–water partition coefficient (Wildman–Crippen LogP) is 0.680. The zero-order chi connectivity index (χ0) is 16.8. The molecule has 1 unspecified atom stereocenters. The molecule has 0 bridgehead atoms. The fourth-order valence-electron chi connectivity index (χ4n) is 2.39. The Morgan fingerprint density at radius 3 is 2.78 bits per heavy atom. The Morgan fingerprint density at radius 1 is 1.35 bits per heavy atom. The van der Waals surface area contributed by atoms with Gasteiger partial charge in [-0.15, -0.1) is 0 Å². The first-order valence-electron chi connectivity index (χ1n) is 7.43. The standard InChI is InChI=1S/C16H20N2O5/c1-3-11-6-4-5-7-13(11)23-10-15(20)18-9-12(16(21)22-2)8-14(19)17-18/h4-7,12H,3,8-10H2,1-2H3,(H,17,19). The van der Waals surface area contributed by atoms with Gasteiger partial charge in [-0.2, -0.15) is 0 Å². The van der Waals surface area contributed by atoms with Crippen molar-refractivity contribution in [2.45, 2.75) is 19.8 Å². The zero-order valence-corrected chi connectivity index (χ0v) is 13.2. The SMILES string of the molecule is CCc1ccccc1OCC(=O)N1CC(C(=O)OC)CC(=O)N1. The molecular weight excluding hydrogens is 300 g/mol. The molecule has 124 valence electrons. The third-order valence-electron chi connectivity index (χ3n) is 3.63. The normalized spacial score (nSPS) is 17.4. The number of nitrogens with one attached hydrogen (secondary N) is 1. The number of amides is 2. The lowest BCUT2D eigenvalue weighted by Gasteiger charge is -2.31. The molecular formula is C16H20N2O5. The summed E-state index contributed by atoms with van der Waals surface area (Å²) in [5.74, 6) is -1.33. The number of methoxy groups -OCH3 is 1.